The number of hydrogen-bond acceptors (Lipinski definition) is 10. The van der Waals surface area contributed by atoms with Gasteiger partial charge in [-0.25, -0.2) is 8.42 Å². The minimum absolute atomic E-state index is 0.0989. The number of carbonyl (C=O) groups is 2. The van der Waals surface area contributed by atoms with Gasteiger partial charge in [-0.3, -0.25) is 19.1 Å². The molecule has 2 aliphatic heterocycles. The molecule has 1 saturated heterocycles. The Balaban J connectivity index is 0.777. The molecule has 1 amide bonds. The van der Waals surface area contributed by atoms with Gasteiger partial charge in [-0.05, 0) is 88.1 Å². The lowest BCUT2D eigenvalue weighted by Crippen LogP contribution is -2.50. The molecule has 0 radical (unpaired) electrons. The number of sulfonamides is 1. The van der Waals surface area contributed by atoms with Crippen LogP contribution < -0.4 is 4.74 Å². The maximum atomic E-state index is 13.7. The summed E-state index contributed by atoms with van der Waals surface area (Å²) in [6, 6.07) is 18.4. The standard InChI is InChI=1S/C49H60ClN7O6S/c1-33-18-19-38(47-34(2)54-63-35(47)3)30-45(33)64(60,61)56-28-26-55(27-29-56)46(59)17-15-13-11-9-7-6-8-10-12-14-16-40(58)31-43-49-53-52-36(4)57(49)44-25-24-41(62-5)32-42(44)48(51-43)37-20-22-39(50)23-21-37/h18-25,30,32,43H,6-17,26-29,31H2,1-5H3/t43-/m0/s1. The third-order valence-electron chi connectivity index (χ3n) is 12.5. The molecule has 0 aliphatic carbocycles. The first-order chi connectivity index (χ1) is 30.8. The van der Waals surface area contributed by atoms with Crippen molar-refractivity contribution in [3.63, 3.8) is 0 Å². The molecule has 1 fully saturated rings. The number of halogens is 1. The van der Waals surface area contributed by atoms with Gasteiger partial charge in [-0.15, -0.1) is 10.2 Å². The average Bonchev–Trinajstić information content (AvgIpc) is 3.81. The summed E-state index contributed by atoms with van der Waals surface area (Å²) in [5.74, 6) is 2.99. The summed E-state index contributed by atoms with van der Waals surface area (Å²) in [4.78, 5) is 33.7. The van der Waals surface area contributed by atoms with E-state index < -0.39 is 16.1 Å². The monoisotopic (exact) mass is 909 g/mol. The molecule has 340 valence electrons. The van der Waals surface area contributed by atoms with E-state index in [1.165, 1.54) is 4.31 Å². The van der Waals surface area contributed by atoms with Gasteiger partial charge in [-0.2, -0.15) is 4.31 Å². The number of nitrogens with zero attached hydrogens (tertiary/aromatic N) is 7. The van der Waals surface area contributed by atoms with Crippen molar-refractivity contribution in [2.45, 2.75) is 122 Å². The molecule has 2 aromatic heterocycles. The number of benzene rings is 3. The molecule has 4 heterocycles. The highest BCUT2D eigenvalue weighted by molar-refractivity contribution is 7.89. The van der Waals surface area contributed by atoms with E-state index in [0.717, 1.165) is 104 Å². The van der Waals surface area contributed by atoms with Gasteiger partial charge < -0.3 is 14.2 Å². The number of hydrogen-bond donors (Lipinski definition) is 0. The molecule has 5 aromatic rings. The summed E-state index contributed by atoms with van der Waals surface area (Å²) >= 11 is 6.24. The second-order valence-corrected chi connectivity index (χ2v) is 19.4. The largest absolute Gasteiger partial charge is 0.497 e. The van der Waals surface area contributed by atoms with E-state index in [4.69, 9.17) is 25.9 Å². The Hall–Kier alpha value is -5.18. The minimum Gasteiger partial charge on any atom is -0.497 e. The zero-order valence-electron chi connectivity index (χ0n) is 37.7. The zero-order valence-corrected chi connectivity index (χ0v) is 39.3. The Morgan fingerprint density at radius 1 is 0.781 bits per heavy atom. The predicted octanol–water partition coefficient (Wildman–Crippen LogP) is 9.88. The summed E-state index contributed by atoms with van der Waals surface area (Å²) in [6.07, 6.45) is 11.7. The summed E-state index contributed by atoms with van der Waals surface area (Å²) in [5, 5.41) is 13.6. The molecule has 15 heteroatoms. The smallest absolute Gasteiger partial charge is 0.243 e. The van der Waals surface area contributed by atoms with E-state index in [9.17, 15) is 18.0 Å². The number of ether oxygens (including phenoxy) is 1. The van der Waals surface area contributed by atoms with E-state index in [2.05, 4.69) is 15.4 Å². The number of ketones is 1. The van der Waals surface area contributed by atoms with Crippen LogP contribution in [0.3, 0.4) is 0 Å². The van der Waals surface area contributed by atoms with Gasteiger partial charge in [-0.1, -0.05) is 92.4 Å². The molecule has 13 nitrogen and oxygen atoms in total. The number of aliphatic imine (C=N–C) groups is 1. The fraction of sp³-hybridized carbons (Fsp3) is 0.469. The van der Waals surface area contributed by atoms with Gasteiger partial charge in [0.15, 0.2) is 5.82 Å². The summed E-state index contributed by atoms with van der Waals surface area (Å²) < 4.78 is 41.9. The van der Waals surface area contributed by atoms with E-state index in [1.54, 1.807) is 25.0 Å². The van der Waals surface area contributed by atoms with Gasteiger partial charge >= 0.3 is 0 Å². The fourth-order valence-corrected chi connectivity index (χ4v) is 10.7. The van der Waals surface area contributed by atoms with Crippen LogP contribution >= 0.6 is 11.6 Å². The molecule has 3 aromatic carbocycles. The third kappa shape index (κ3) is 10.8. The van der Waals surface area contributed by atoms with Crippen molar-refractivity contribution < 1.29 is 27.3 Å². The number of Topliss-reactive ketones (excluding diaryl/α,β-unsaturated/α-hetero) is 1. The van der Waals surface area contributed by atoms with Crippen molar-refractivity contribution in [1.82, 2.24) is 29.1 Å². The van der Waals surface area contributed by atoms with Crippen LogP contribution in [0, 0.1) is 27.7 Å². The molecule has 0 saturated carbocycles. The van der Waals surface area contributed by atoms with E-state index in [0.29, 0.717) is 59.5 Å². The van der Waals surface area contributed by atoms with Gasteiger partial charge in [0.25, 0.3) is 0 Å². The lowest BCUT2D eigenvalue weighted by molar-refractivity contribution is -0.132. The van der Waals surface area contributed by atoms with Crippen molar-refractivity contribution in [3.05, 3.63) is 105 Å². The number of methoxy groups -OCH3 is 1. The molecular formula is C49H60ClN7O6S. The topological polar surface area (TPSA) is 153 Å². The van der Waals surface area contributed by atoms with Crippen molar-refractivity contribution in [3.8, 4) is 22.6 Å². The highest BCUT2D eigenvalue weighted by Gasteiger charge is 2.32. The number of aryl methyl sites for hydroxylation is 4. The van der Waals surface area contributed by atoms with Crippen LogP contribution in [0.1, 0.15) is 129 Å². The highest BCUT2D eigenvalue weighted by Crippen LogP contribution is 2.36. The zero-order chi connectivity index (χ0) is 45.4. The molecular weight excluding hydrogens is 850 g/mol. The van der Waals surface area contributed by atoms with E-state index in [1.807, 2.05) is 79.9 Å². The first-order valence-electron chi connectivity index (χ1n) is 22.6. The average molecular weight is 911 g/mol. The highest BCUT2D eigenvalue weighted by atomic mass is 35.5. The number of rotatable bonds is 20. The Morgan fingerprint density at radius 3 is 2.06 bits per heavy atom. The summed E-state index contributed by atoms with van der Waals surface area (Å²) in [6.45, 7) is 8.72. The van der Waals surface area contributed by atoms with Crippen LogP contribution in [0.5, 0.6) is 5.75 Å². The third-order valence-corrected chi connectivity index (χ3v) is 14.8. The van der Waals surface area contributed by atoms with Crippen LogP contribution in [-0.2, 0) is 19.6 Å². The Morgan fingerprint density at radius 2 is 1.42 bits per heavy atom. The number of aromatic nitrogens is 4. The molecule has 0 bridgehead atoms. The molecule has 2 aliphatic rings. The summed E-state index contributed by atoms with van der Waals surface area (Å²) in [5.41, 5.74) is 6.38. The number of carbonyl (C=O) groups excluding carboxylic acids is 2. The number of amides is 1. The quantitative estimate of drug-likeness (QED) is 0.0695. The normalized spacial score (nSPS) is 15.4. The van der Waals surface area contributed by atoms with Crippen LogP contribution in [0.4, 0.5) is 0 Å². The minimum atomic E-state index is -3.74. The molecule has 64 heavy (non-hydrogen) atoms. The molecule has 0 N–H and O–H groups in total. The van der Waals surface area contributed by atoms with E-state index >= 15 is 0 Å². The SMILES string of the molecule is COc1ccc2c(c1)C(c1ccc(Cl)cc1)=N[C@@H](CC(=O)CCCCCCCCCCCCC(=O)N1CCN(S(=O)(=O)c3cc(-c4c(C)noc4C)ccc3C)CC1)c1nnc(C)n1-2. The van der Waals surface area contributed by atoms with Crippen molar-refractivity contribution in [2.75, 3.05) is 33.3 Å². The first-order valence-corrected chi connectivity index (χ1v) is 24.5. The number of piperazine rings is 1. The van der Waals surface area contributed by atoms with Crippen molar-refractivity contribution >= 4 is 39.0 Å². The predicted molar refractivity (Wildman–Crippen MR) is 249 cm³/mol. The lowest BCUT2D eigenvalue weighted by atomic mass is 9.99. The molecule has 0 spiro atoms. The maximum absolute atomic E-state index is 13.7. The first kappa shape index (κ1) is 46.8. The van der Waals surface area contributed by atoms with Gasteiger partial charge in [0.2, 0.25) is 15.9 Å². The second kappa shape index (κ2) is 21.2. The van der Waals surface area contributed by atoms with Crippen molar-refractivity contribution in [2.24, 2.45) is 4.99 Å². The maximum Gasteiger partial charge on any atom is 0.243 e. The van der Waals surface area contributed by atoms with Crippen molar-refractivity contribution in [1.29, 1.82) is 0 Å². The van der Waals surface area contributed by atoms with Crippen LogP contribution in [-0.4, -0.2) is 88.2 Å². The fourth-order valence-electron chi connectivity index (χ4n) is 8.91. The molecule has 7 rings (SSSR count). The van der Waals surface area contributed by atoms with Gasteiger partial charge in [0, 0.05) is 67.2 Å². The summed E-state index contributed by atoms with van der Waals surface area (Å²) in [7, 11) is -2.10. The molecule has 1 atom stereocenters. The van der Waals surface area contributed by atoms with Gasteiger partial charge in [0.05, 0.1) is 29.1 Å². The lowest BCUT2D eigenvalue weighted by Gasteiger charge is -2.34. The second-order valence-electron chi connectivity index (χ2n) is 17.1. The Bertz CT molecular complexity index is 2560. The van der Waals surface area contributed by atoms with E-state index in [-0.39, 0.29) is 36.1 Å². The van der Waals surface area contributed by atoms with Crippen LogP contribution in [0.25, 0.3) is 16.8 Å². The van der Waals surface area contributed by atoms with Crippen LogP contribution in [0.15, 0.2) is 75.1 Å². The molecule has 0 unspecified atom stereocenters. The Labute approximate surface area is 382 Å². The van der Waals surface area contributed by atoms with Gasteiger partial charge in [0.1, 0.15) is 29.2 Å². The Kier molecular flexibility index (Phi) is 15.5. The number of fused-ring (bicyclic) bond motifs is 3. The van der Waals surface area contributed by atoms with Crippen LogP contribution in [0.2, 0.25) is 5.02 Å². The number of unbranched alkanes of at least 4 members (excludes halogenated alkanes) is 9.